The van der Waals surface area contributed by atoms with E-state index in [1.807, 2.05) is 0 Å². The minimum atomic E-state index is -3.44. The van der Waals surface area contributed by atoms with Crippen molar-refractivity contribution >= 4 is 17.3 Å². The molecule has 0 fully saturated rings. The minimum Gasteiger partial charge on any atom is -0.396 e. The van der Waals surface area contributed by atoms with E-state index >= 15 is 0 Å². The van der Waals surface area contributed by atoms with Gasteiger partial charge in [0, 0.05) is 24.1 Å². The van der Waals surface area contributed by atoms with Crippen LogP contribution in [0.25, 0.3) is 0 Å². The number of alkyl halides is 2. The molecule has 0 aromatic heterocycles. The first-order valence-electron chi connectivity index (χ1n) is 4.31. The fourth-order valence-electron chi connectivity index (χ4n) is 1.24. The van der Waals surface area contributed by atoms with Gasteiger partial charge in [0.1, 0.15) is 0 Å². The molecule has 0 aliphatic rings. The lowest BCUT2D eigenvalue weighted by atomic mass is 10.0. The molecule has 16 heavy (non-hydrogen) atoms. The van der Waals surface area contributed by atoms with Crippen LogP contribution in [0.3, 0.4) is 0 Å². The zero-order chi connectivity index (χ0) is 12.3. The highest BCUT2D eigenvalue weighted by Crippen LogP contribution is 2.38. The molecule has 1 rings (SSSR count). The molecule has 1 aromatic carbocycles. The maximum atomic E-state index is 13.4. The Morgan fingerprint density at radius 1 is 1.50 bits per heavy atom. The van der Waals surface area contributed by atoms with E-state index in [2.05, 4.69) is 0 Å². The smallest absolute Gasteiger partial charge is 0.282 e. The molecule has 0 saturated heterocycles. The van der Waals surface area contributed by atoms with Gasteiger partial charge in [-0.2, -0.15) is 0 Å². The average molecular weight is 252 g/mol. The first kappa shape index (κ1) is 12.8. The third kappa shape index (κ3) is 2.65. The Bertz CT molecular complexity index is 412. The number of nitro benzene ring substituents is 1. The Morgan fingerprint density at radius 3 is 2.62 bits per heavy atom. The number of hydrogen-bond donors (Lipinski definition) is 1. The molecule has 0 bridgehead atoms. The number of aliphatic hydroxyl groups excluding tert-OH is 1. The number of nitro groups is 1. The van der Waals surface area contributed by atoms with Gasteiger partial charge >= 0.3 is 0 Å². The summed E-state index contributed by atoms with van der Waals surface area (Å²) in [5, 5.41) is 19.1. The van der Waals surface area contributed by atoms with E-state index in [0.29, 0.717) is 0 Å². The van der Waals surface area contributed by atoms with E-state index in [1.54, 1.807) is 0 Å². The van der Waals surface area contributed by atoms with E-state index < -0.39 is 35.1 Å². The van der Waals surface area contributed by atoms with Gasteiger partial charge in [-0.1, -0.05) is 11.6 Å². The van der Waals surface area contributed by atoms with Crippen molar-refractivity contribution in [2.45, 2.75) is 12.3 Å². The maximum absolute atomic E-state index is 13.4. The predicted octanol–water partition coefficient (Wildman–Crippen LogP) is 2.72. The monoisotopic (exact) mass is 251 g/mol. The highest BCUT2D eigenvalue weighted by atomic mass is 35.5. The van der Waals surface area contributed by atoms with Crippen molar-refractivity contribution in [1.29, 1.82) is 0 Å². The number of nitrogens with zero attached hydrogens (tertiary/aromatic N) is 1. The van der Waals surface area contributed by atoms with E-state index in [9.17, 15) is 18.9 Å². The second kappa shape index (κ2) is 4.71. The predicted molar refractivity (Wildman–Crippen MR) is 53.7 cm³/mol. The van der Waals surface area contributed by atoms with Crippen LogP contribution < -0.4 is 0 Å². The Labute approximate surface area is 94.6 Å². The molecule has 1 N–H and O–H groups in total. The molecule has 7 heteroatoms. The van der Waals surface area contributed by atoms with Crippen LogP contribution in [0.1, 0.15) is 12.0 Å². The van der Waals surface area contributed by atoms with E-state index in [0.717, 1.165) is 18.2 Å². The van der Waals surface area contributed by atoms with Gasteiger partial charge in [-0.05, 0) is 12.1 Å². The molecule has 88 valence electrons. The van der Waals surface area contributed by atoms with Gasteiger partial charge in [0.2, 0.25) is 0 Å². The van der Waals surface area contributed by atoms with Crippen LogP contribution >= 0.6 is 11.6 Å². The molecule has 0 unspecified atom stereocenters. The summed E-state index contributed by atoms with van der Waals surface area (Å²) in [6.45, 7) is -0.757. The Balaban J connectivity index is 3.27. The van der Waals surface area contributed by atoms with E-state index in [1.165, 1.54) is 0 Å². The molecule has 0 heterocycles. The second-order valence-electron chi connectivity index (χ2n) is 3.10. The Kier molecular flexibility index (Phi) is 3.77. The third-order valence-corrected chi connectivity index (χ3v) is 2.21. The van der Waals surface area contributed by atoms with Crippen molar-refractivity contribution in [3.8, 4) is 0 Å². The molecular weight excluding hydrogens is 244 g/mol. The lowest BCUT2D eigenvalue weighted by Crippen LogP contribution is -2.17. The lowest BCUT2D eigenvalue weighted by Gasteiger charge is -2.15. The van der Waals surface area contributed by atoms with Gasteiger partial charge < -0.3 is 5.11 Å². The summed E-state index contributed by atoms with van der Waals surface area (Å²) in [6, 6.07) is 2.91. The van der Waals surface area contributed by atoms with Crippen LogP contribution in [0.2, 0.25) is 5.02 Å². The highest BCUT2D eigenvalue weighted by Gasteiger charge is 2.37. The Morgan fingerprint density at radius 2 is 2.12 bits per heavy atom. The number of hydrogen-bond acceptors (Lipinski definition) is 3. The van der Waals surface area contributed by atoms with Crippen LogP contribution in [0.4, 0.5) is 14.5 Å². The average Bonchev–Trinajstić information content (AvgIpc) is 2.16. The summed E-state index contributed by atoms with van der Waals surface area (Å²) < 4.78 is 26.8. The molecule has 0 aliphatic carbocycles. The first-order valence-corrected chi connectivity index (χ1v) is 4.69. The van der Waals surface area contributed by atoms with Crippen LogP contribution in [-0.2, 0) is 5.92 Å². The van der Waals surface area contributed by atoms with Gasteiger partial charge in [-0.15, -0.1) is 0 Å². The van der Waals surface area contributed by atoms with Crippen molar-refractivity contribution in [2.75, 3.05) is 6.61 Å². The molecule has 0 spiro atoms. The topological polar surface area (TPSA) is 63.4 Å². The molecule has 0 radical (unpaired) electrons. The number of rotatable bonds is 4. The highest BCUT2D eigenvalue weighted by molar-refractivity contribution is 6.30. The van der Waals surface area contributed by atoms with Crippen LogP contribution in [0, 0.1) is 10.1 Å². The summed E-state index contributed by atoms with van der Waals surface area (Å²) in [6.07, 6.45) is -0.866. The molecule has 0 aliphatic heterocycles. The van der Waals surface area contributed by atoms with Crippen molar-refractivity contribution in [2.24, 2.45) is 0 Å². The van der Waals surface area contributed by atoms with Gasteiger partial charge in [0.05, 0.1) is 10.5 Å². The Hall–Kier alpha value is -1.27. The normalized spacial score (nSPS) is 11.5. The number of halogens is 3. The molecule has 4 nitrogen and oxygen atoms in total. The van der Waals surface area contributed by atoms with E-state index in [4.69, 9.17) is 16.7 Å². The molecule has 0 saturated carbocycles. The van der Waals surface area contributed by atoms with Gasteiger partial charge in [-0.3, -0.25) is 10.1 Å². The standard InChI is InChI=1S/C9H8ClF2NO3/c10-6-1-2-7(8(5-6)13(15)16)9(11,12)3-4-14/h1-2,5,14H,3-4H2. The summed E-state index contributed by atoms with van der Waals surface area (Å²) in [4.78, 5) is 9.65. The second-order valence-corrected chi connectivity index (χ2v) is 3.53. The van der Waals surface area contributed by atoms with Crippen LogP contribution in [0.5, 0.6) is 0 Å². The van der Waals surface area contributed by atoms with Crippen molar-refractivity contribution in [3.63, 3.8) is 0 Å². The third-order valence-electron chi connectivity index (χ3n) is 1.98. The lowest BCUT2D eigenvalue weighted by molar-refractivity contribution is -0.387. The summed E-state index contributed by atoms with van der Waals surface area (Å²) in [5.74, 6) is -3.44. The van der Waals surface area contributed by atoms with Crippen LogP contribution in [-0.4, -0.2) is 16.6 Å². The molecule has 0 atom stereocenters. The zero-order valence-corrected chi connectivity index (χ0v) is 8.75. The molecular formula is C9H8ClF2NO3. The fourth-order valence-corrected chi connectivity index (χ4v) is 1.41. The van der Waals surface area contributed by atoms with Crippen molar-refractivity contribution in [3.05, 3.63) is 38.9 Å². The fraction of sp³-hybridized carbons (Fsp3) is 0.333. The minimum absolute atomic E-state index is 0.00949. The summed E-state index contributed by atoms with van der Waals surface area (Å²) in [7, 11) is 0. The van der Waals surface area contributed by atoms with Crippen molar-refractivity contribution < 1.29 is 18.8 Å². The number of aliphatic hydroxyl groups is 1. The zero-order valence-electron chi connectivity index (χ0n) is 7.99. The quantitative estimate of drug-likeness (QED) is 0.661. The maximum Gasteiger partial charge on any atom is 0.282 e. The summed E-state index contributed by atoms with van der Waals surface area (Å²) in [5.41, 5.74) is -1.48. The first-order chi connectivity index (χ1) is 7.38. The van der Waals surface area contributed by atoms with Gasteiger partial charge in [0.25, 0.3) is 11.6 Å². The number of benzene rings is 1. The van der Waals surface area contributed by atoms with Crippen LogP contribution in [0.15, 0.2) is 18.2 Å². The largest absolute Gasteiger partial charge is 0.396 e. The van der Waals surface area contributed by atoms with Gasteiger partial charge in [0.15, 0.2) is 0 Å². The molecule has 0 amide bonds. The van der Waals surface area contributed by atoms with Gasteiger partial charge in [-0.25, -0.2) is 8.78 Å². The SMILES string of the molecule is O=[N+]([O-])c1cc(Cl)ccc1C(F)(F)CCO. The summed E-state index contributed by atoms with van der Waals surface area (Å²) >= 11 is 5.49. The molecule has 1 aromatic rings. The van der Waals surface area contributed by atoms with E-state index in [-0.39, 0.29) is 5.02 Å². The van der Waals surface area contributed by atoms with Crippen molar-refractivity contribution in [1.82, 2.24) is 0 Å².